The Morgan fingerprint density at radius 3 is 2.35 bits per heavy atom. The van der Waals surface area contributed by atoms with Crippen LogP contribution in [0.25, 0.3) is 0 Å². The molecule has 3 fully saturated rings. The van der Waals surface area contributed by atoms with Crippen LogP contribution in [-0.2, 0) is 15.9 Å². The number of ketones is 1. The summed E-state index contributed by atoms with van der Waals surface area (Å²) in [6.07, 6.45) is 9.02. The average Bonchev–Trinajstić information content (AvgIpc) is 2.94. The number of Topliss-reactive ketones (excluding diaryl/α,β-unsaturated/α-hetero) is 1. The van der Waals surface area contributed by atoms with E-state index < -0.39 is 5.60 Å². The molecule has 0 aromatic carbocycles. The molecule has 2 N–H and O–H groups in total. The molecule has 5 rings (SSSR count). The van der Waals surface area contributed by atoms with Crippen molar-refractivity contribution in [2.45, 2.75) is 58.5 Å². The minimum Gasteiger partial charge on any atom is -0.444 e. The molecule has 0 saturated carbocycles. The van der Waals surface area contributed by atoms with Crippen LogP contribution in [0.3, 0.4) is 0 Å². The molecule has 11 heteroatoms. The maximum Gasteiger partial charge on any atom is 0.410 e. The van der Waals surface area contributed by atoms with E-state index in [0.29, 0.717) is 19.0 Å². The molecular weight excluding hydrogens is 510 g/mol. The number of hydrogen-bond donors (Lipinski definition) is 1. The predicted molar refractivity (Wildman–Crippen MR) is 153 cm³/mol. The Bertz CT molecular complexity index is 1210. The van der Waals surface area contributed by atoms with E-state index >= 15 is 0 Å². The summed E-state index contributed by atoms with van der Waals surface area (Å²) in [7, 11) is 0. The molecule has 11 nitrogen and oxygen atoms in total. The summed E-state index contributed by atoms with van der Waals surface area (Å²) in [6.45, 7) is 11.6. The first-order valence-electron chi connectivity index (χ1n) is 14.3. The van der Waals surface area contributed by atoms with Gasteiger partial charge in [0.2, 0.25) is 0 Å². The van der Waals surface area contributed by atoms with E-state index in [-0.39, 0.29) is 35.2 Å². The number of anilines is 3. The first-order chi connectivity index (χ1) is 19.1. The highest BCUT2D eigenvalue weighted by molar-refractivity contribution is 6.00. The summed E-state index contributed by atoms with van der Waals surface area (Å²) < 4.78 is 11.0. The van der Waals surface area contributed by atoms with Gasteiger partial charge in [-0.3, -0.25) is 9.78 Å². The average molecular weight is 552 g/mol. The molecule has 2 aromatic heterocycles. The number of nitrogens with two attached hydrogens (primary N) is 1. The smallest absolute Gasteiger partial charge is 0.410 e. The zero-order chi connectivity index (χ0) is 28.3. The van der Waals surface area contributed by atoms with Crippen molar-refractivity contribution >= 4 is 29.2 Å². The molecule has 0 unspecified atom stereocenters. The molecule has 0 aliphatic carbocycles. The van der Waals surface area contributed by atoms with Gasteiger partial charge in [-0.1, -0.05) is 0 Å². The third-order valence-corrected chi connectivity index (χ3v) is 8.26. The Hall–Kier alpha value is -3.47. The number of morpholine rings is 1. The SMILES string of the molecule is CC(C)(C)OC(=O)N1CCC2(CC1)CCN(c1cnc(N)c(C(=O)Cc3cnccc3N3CCOCC3)n1)CC2. The Labute approximate surface area is 236 Å². The quantitative estimate of drug-likeness (QED) is 0.553. The minimum atomic E-state index is -0.485. The molecule has 1 amide bonds. The second kappa shape index (κ2) is 11.6. The van der Waals surface area contributed by atoms with Crippen molar-refractivity contribution in [3.8, 4) is 0 Å². The summed E-state index contributed by atoms with van der Waals surface area (Å²) in [5.41, 5.74) is 7.92. The number of amides is 1. The third-order valence-electron chi connectivity index (χ3n) is 8.26. The van der Waals surface area contributed by atoms with Gasteiger partial charge in [-0.25, -0.2) is 14.8 Å². The van der Waals surface area contributed by atoms with Gasteiger partial charge in [-0.15, -0.1) is 0 Å². The monoisotopic (exact) mass is 551 g/mol. The predicted octanol–water partition coefficient (Wildman–Crippen LogP) is 3.33. The number of ether oxygens (including phenoxy) is 2. The Morgan fingerprint density at radius 1 is 1.00 bits per heavy atom. The Kier molecular flexibility index (Phi) is 8.11. The van der Waals surface area contributed by atoms with Crippen LogP contribution >= 0.6 is 0 Å². The molecular formula is C29H41N7O4. The van der Waals surface area contributed by atoms with Gasteiger partial charge in [-0.05, 0) is 57.9 Å². The third kappa shape index (κ3) is 6.46. The second-order valence-electron chi connectivity index (χ2n) is 12.1. The van der Waals surface area contributed by atoms with E-state index in [1.54, 1.807) is 18.6 Å². The van der Waals surface area contributed by atoms with E-state index in [1.807, 2.05) is 31.7 Å². The highest BCUT2D eigenvalue weighted by Gasteiger charge is 2.39. The number of rotatable bonds is 5. The number of nitrogens with zero attached hydrogens (tertiary/aromatic N) is 6. The lowest BCUT2D eigenvalue weighted by molar-refractivity contribution is 0.00662. The van der Waals surface area contributed by atoms with E-state index in [4.69, 9.17) is 20.2 Å². The highest BCUT2D eigenvalue weighted by Crippen LogP contribution is 2.42. The highest BCUT2D eigenvalue weighted by atomic mass is 16.6. The first kappa shape index (κ1) is 28.1. The number of likely N-dealkylation sites (tertiary alicyclic amines) is 1. The van der Waals surface area contributed by atoms with Crippen molar-refractivity contribution in [3.63, 3.8) is 0 Å². The van der Waals surface area contributed by atoms with Gasteiger partial charge in [0, 0.05) is 69.3 Å². The van der Waals surface area contributed by atoms with Crippen LogP contribution in [-0.4, -0.2) is 89.8 Å². The van der Waals surface area contributed by atoms with E-state index in [1.165, 1.54) is 0 Å². The normalized spacial score (nSPS) is 19.5. The van der Waals surface area contributed by atoms with Crippen molar-refractivity contribution in [1.29, 1.82) is 0 Å². The van der Waals surface area contributed by atoms with E-state index in [9.17, 15) is 9.59 Å². The Balaban J connectivity index is 1.21. The summed E-state index contributed by atoms with van der Waals surface area (Å²) in [6, 6.07) is 1.95. The van der Waals surface area contributed by atoms with Gasteiger partial charge in [-0.2, -0.15) is 0 Å². The lowest BCUT2D eigenvalue weighted by Crippen LogP contribution is -2.49. The van der Waals surface area contributed by atoms with Crippen LogP contribution in [0.2, 0.25) is 0 Å². The molecule has 5 heterocycles. The number of nitrogen functional groups attached to an aromatic ring is 1. The second-order valence-corrected chi connectivity index (χ2v) is 12.1. The van der Waals surface area contributed by atoms with Crippen LogP contribution < -0.4 is 15.5 Å². The summed E-state index contributed by atoms with van der Waals surface area (Å²) in [4.78, 5) is 45.4. The number of aromatic nitrogens is 3. The number of carbonyl (C=O) groups excluding carboxylic acids is 2. The van der Waals surface area contributed by atoms with Gasteiger partial charge in [0.05, 0.1) is 19.4 Å². The molecule has 0 bridgehead atoms. The van der Waals surface area contributed by atoms with Gasteiger partial charge in [0.15, 0.2) is 17.3 Å². The number of hydrogen-bond acceptors (Lipinski definition) is 10. The first-order valence-corrected chi connectivity index (χ1v) is 14.3. The van der Waals surface area contributed by atoms with Crippen molar-refractivity contribution in [2.24, 2.45) is 5.41 Å². The maximum atomic E-state index is 13.4. The van der Waals surface area contributed by atoms with Crippen LogP contribution in [0.1, 0.15) is 62.5 Å². The van der Waals surface area contributed by atoms with Crippen LogP contribution in [0.15, 0.2) is 24.7 Å². The number of carbonyl (C=O) groups is 2. The molecule has 216 valence electrons. The molecule has 1 spiro atoms. The fourth-order valence-corrected chi connectivity index (χ4v) is 5.87. The molecule has 3 aliphatic heterocycles. The summed E-state index contributed by atoms with van der Waals surface area (Å²) >= 11 is 0. The summed E-state index contributed by atoms with van der Waals surface area (Å²) in [5.74, 6) is 0.657. The maximum absolute atomic E-state index is 13.4. The van der Waals surface area contributed by atoms with E-state index in [0.717, 1.165) is 76.2 Å². The molecule has 0 atom stereocenters. The van der Waals surface area contributed by atoms with Crippen molar-refractivity contribution < 1.29 is 19.1 Å². The standard InChI is InChI=1S/C29H41N7O4/c1-28(2,3)40-27(38)36-12-7-29(8-13-36)5-10-35(11-6-29)24-20-32-26(30)25(33-24)23(37)18-21-19-31-9-4-22(21)34-14-16-39-17-15-34/h4,9,19-20H,5-8,10-18H2,1-3H3,(H2,30,32). The van der Waals surface area contributed by atoms with Crippen molar-refractivity contribution in [1.82, 2.24) is 19.9 Å². The van der Waals surface area contributed by atoms with Gasteiger partial charge >= 0.3 is 6.09 Å². The molecule has 3 aliphatic rings. The fourth-order valence-electron chi connectivity index (χ4n) is 5.87. The van der Waals surface area contributed by atoms with Crippen molar-refractivity contribution in [3.05, 3.63) is 35.9 Å². The number of pyridine rings is 1. The topological polar surface area (TPSA) is 127 Å². The molecule has 0 radical (unpaired) electrons. The van der Waals surface area contributed by atoms with Crippen molar-refractivity contribution in [2.75, 3.05) is 68.0 Å². The lowest BCUT2D eigenvalue weighted by atomic mass is 9.71. The molecule has 2 aromatic rings. The molecule has 3 saturated heterocycles. The minimum absolute atomic E-state index is 0.147. The largest absolute Gasteiger partial charge is 0.444 e. The summed E-state index contributed by atoms with van der Waals surface area (Å²) in [5, 5.41) is 0. The Morgan fingerprint density at radius 2 is 1.68 bits per heavy atom. The van der Waals surface area contributed by atoms with Crippen LogP contribution in [0.4, 0.5) is 22.1 Å². The zero-order valence-corrected chi connectivity index (χ0v) is 23.9. The van der Waals surface area contributed by atoms with Crippen LogP contribution in [0, 0.1) is 5.41 Å². The fraction of sp³-hybridized carbons (Fsp3) is 0.621. The van der Waals surface area contributed by atoms with Gasteiger partial charge in [0.1, 0.15) is 11.4 Å². The van der Waals surface area contributed by atoms with Crippen LogP contribution in [0.5, 0.6) is 0 Å². The lowest BCUT2D eigenvalue weighted by Gasteiger charge is -2.47. The zero-order valence-electron chi connectivity index (χ0n) is 23.9. The van der Waals surface area contributed by atoms with Gasteiger partial charge < -0.3 is 29.9 Å². The van der Waals surface area contributed by atoms with Gasteiger partial charge in [0.25, 0.3) is 0 Å². The molecule has 40 heavy (non-hydrogen) atoms. The van der Waals surface area contributed by atoms with E-state index in [2.05, 4.69) is 19.8 Å². The number of piperidine rings is 2.